The van der Waals surface area contributed by atoms with Gasteiger partial charge in [0, 0.05) is 22.8 Å². The Morgan fingerprint density at radius 3 is 2.40 bits per heavy atom. The molecule has 0 bridgehead atoms. The van der Waals surface area contributed by atoms with Gasteiger partial charge in [-0.1, -0.05) is 103 Å². The molecule has 1 unspecified atom stereocenters. The first-order valence-corrected chi connectivity index (χ1v) is 14.6. The molecule has 1 atom stereocenters. The minimum atomic E-state index is 0.0718. The second kappa shape index (κ2) is 9.40. The number of nitrogens with zero attached hydrogens (tertiary/aromatic N) is 3. The lowest BCUT2D eigenvalue weighted by Gasteiger charge is -2.35. The Morgan fingerprint density at radius 1 is 0.674 bits per heavy atom. The lowest BCUT2D eigenvalue weighted by atomic mass is 9.78. The number of anilines is 1. The molecule has 0 fully saturated rings. The topological polar surface area (TPSA) is 42.7 Å². The van der Waals surface area contributed by atoms with Crippen molar-refractivity contribution in [2.24, 2.45) is 0 Å². The predicted molar refractivity (Wildman–Crippen MR) is 176 cm³/mol. The van der Waals surface area contributed by atoms with Gasteiger partial charge in [-0.05, 0) is 69.6 Å². The maximum absolute atomic E-state index is 4.98. The molecule has 202 valence electrons. The average molecular weight is 551 g/mol. The quantitative estimate of drug-likeness (QED) is 0.238. The number of hydrogen-bond acceptors (Lipinski definition) is 3. The van der Waals surface area contributed by atoms with Gasteiger partial charge in [-0.3, -0.25) is 9.55 Å². The monoisotopic (exact) mass is 550 g/mol. The molecule has 4 nitrogen and oxygen atoms in total. The first-order valence-electron chi connectivity index (χ1n) is 14.6. The molecule has 0 saturated carbocycles. The zero-order valence-electron chi connectivity index (χ0n) is 23.3. The number of hydrogen-bond donors (Lipinski definition) is 1. The third kappa shape index (κ3) is 3.70. The van der Waals surface area contributed by atoms with Crippen molar-refractivity contribution in [2.45, 2.75) is 6.04 Å². The Kier molecular flexibility index (Phi) is 5.23. The van der Waals surface area contributed by atoms with E-state index >= 15 is 0 Å². The van der Waals surface area contributed by atoms with Crippen LogP contribution in [0.3, 0.4) is 0 Å². The maximum atomic E-state index is 4.98. The van der Waals surface area contributed by atoms with Gasteiger partial charge < -0.3 is 5.32 Å². The summed E-state index contributed by atoms with van der Waals surface area (Å²) in [4.78, 5) is 9.61. The number of imidazole rings is 1. The summed E-state index contributed by atoms with van der Waals surface area (Å²) in [5, 5.41) is 6.43. The number of fused-ring (bicyclic) bond motifs is 7. The van der Waals surface area contributed by atoms with E-state index in [1.54, 1.807) is 0 Å². The first-order chi connectivity index (χ1) is 21.3. The van der Waals surface area contributed by atoms with Crippen LogP contribution >= 0.6 is 0 Å². The van der Waals surface area contributed by atoms with E-state index in [1.165, 1.54) is 49.9 Å². The largest absolute Gasteiger partial charge is 0.373 e. The number of pyridine rings is 1. The Balaban J connectivity index is 1.25. The second-order valence-corrected chi connectivity index (χ2v) is 11.1. The minimum absolute atomic E-state index is 0.0718. The molecule has 2 aromatic heterocycles. The van der Waals surface area contributed by atoms with Crippen LogP contribution < -0.4 is 5.32 Å². The summed E-state index contributed by atoms with van der Waals surface area (Å²) in [6.07, 6.45) is 6.37. The standard InChI is InChI=1S/C39H26N4/c1-3-11-29-25(9-1)18-22-31-36(32-23-19-26-10-2-4-12-30(26)38(32)42-37(29)31)27-16-20-28(21-17-27)43-35-15-6-5-13-33(35)41-39(43)34-14-7-8-24-40-34/h1-24,37,42H. The molecule has 2 aliphatic rings. The maximum Gasteiger partial charge on any atom is 0.164 e. The van der Waals surface area contributed by atoms with Gasteiger partial charge in [0.05, 0.1) is 22.8 Å². The fourth-order valence-corrected chi connectivity index (χ4v) is 6.74. The lowest BCUT2D eigenvalue weighted by molar-refractivity contribution is 0.920. The molecule has 0 saturated heterocycles. The molecule has 5 aromatic carbocycles. The highest BCUT2D eigenvalue weighted by Gasteiger charge is 2.31. The second-order valence-electron chi connectivity index (χ2n) is 11.1. The molecule has 0 radical (unpaired) electrons. The van der Waals surface area contributed by atoms with Gasteiger partial charge >= 0.3 is 0 Å². The third-order valence-corrected chi connectivity index (χ3v) is 8.71. The van der Waals surface area contributed by atoms with E-state index < -0.39 is 0 Å². The highest BCUT2D eigenvalue weighted by Crippen LogP contribution is 2.49. The Bertz CT molecular complexity index is 2260. The van der Waals surface area contributed by atoms with Crippen LogP contribution in [0.1, 0.15) is 28.3 Å². The molecular formula is C39H26N4. The van der Waals surface area contributed by atoms with Gasteiger partial charge in [0.1, 0.15) is 5.69 Å². The fourth-order valence-electron chi connectivity index (χ4n) is 6.74. The van der Waals surface area contributed by atoms with Crippen molar-refractivity contribution in [3.8, 4) is 17.2 Å². The molecule has 1 aliphatic carbocycles. The van der Waals surface area contributed by atoms with Crippen LogP contribution in [0.4, 0.5) is 5.69 Å². The van der Waals surface area contributed by atoms with Gasteiger partial charge in [-0.15, -0.1) is 0 Å². The van der Waals surface area contributed by atoms with Gasteiger partial charge in [0.2, 0.25) is 0 Å². The van der Waals surface area contributed by atoms with Crippen molar-refractivity contribution in [3.05, 3.63) is 167 Å². The Morgan fingerprint density at radius 2 is 1.49 bits per heavy atom. The Labute approximate surface area is 249 Å². The molecule has 3 heterocycles. The number of rotatable bonds is 3. The number of para-hydroxylation sites is 2. The number of nitrogens with one attached hydrogen (secondary N) is 1. The summed E-state index contributed by atoms with van der Waals surface area (Å²) < 4.78 is 2.21. The highest BCUT2D eigenvalue weighted by molar-refractivity contribution is 6.05. The van der Waals surface area contributed by atoms with Crippen LogP contribution in [-0.2, 0) is 0 Å². The predicted octanol–water partition coefficient (Wildman–Crippen LogP) is 9.24. The zero-order chi connectivity index (χ0) is 28.3. The van der Waals surface area contributed by atoms with Crippen molar-refractivity contribution in [3.63, 3.8) is 0 Å². The Hall–Kier alpha value is -5.74. The van der Waals surface area contributed by atoms with Gasteiger partial charge in [0.15, 0.2) is 5.82 Å². The van der Waals surface area contributed by atoms with Gasteiger partial charge in [-0.2, -0.15) is 0 Å². The normalized spacial score (nSPS) is 15.2. The lowest BCUT2D eigenvalue weighted by Crippen LogP contribution is -2.22. The van der Waals surface area contributed by atoms with Crippen molar-refractivity contribution >= 4 is 39.1 Å². The summed E-state index contributed by atoms with van der Waals surface area (Å²) >= 11 is 0. The van der Waals surface area contributed by atoms with Crippen molar-refractivity contribution in [1.82, 2.24) is 14.5 Å². The third-order valence-electron chi connectivity index (χ3n) is 8.71. The van der Waals surface area contributed by atoms with Crippen LogP contribution in [-0.4, -0.2) is 14.5 Å². The molecule has 1 N–H and O–H groups in total. The van der Waals surface area contributed by atoms with Crippen LogP contribution in [0.5, 0.6) is 0 Å². The SMILES string of the molecule is C1=Cc2ccccc2C2Nc3c(ccc4ccccc34)C(c3ccc(-n4c(-c5ccccn5)nc5ccccc54)cc3)=C12. The molecule has 43 heavy (non-hydrogen) atoms. The van der Waals surface area contributed by atoms with E-state index in [-0.39, 0.29) is 6.04 Å². The van der Waals surface area contributed by atoms with Crippen LogP contribution in [0, 0.1) is 0 Å². The van der Waals surface area contributed by atoms with E-state index in [2.05, 4.69) is 130 Å². The van der Waals surface area contributed by atoms with E-state index in [9.17, 15) is 0 Å². The van der Waals surface area contributed by atoms with Crippen molar-refractivity contribution in [1.29, 1.82) is 0 Å². The van der Waals surface area contributed by atoms with E-state index in [0.29, 0.717) is 0 Å². The average Bonchev–Trinajstić information content (AvgIpc) is 3.47. The fraction of sp³-hybridized carbons (Fsp3) is 0.0256. The molecule has 0 spiro atoms. The number of benzene rings is 5. The molecule has 7 aromatic rings. The molecule has 1 aliphatic heterocycles. The minimum Gasteiger partial charge on any atom is -0.373 e. The number of aromatic nitrogens is 3. The molecule has 0 amide bonds. The summed E-state index contributed by atoms with van der Waals surface area (Å²) in [5.74, 6) is 0.835. The van der Waals surface area contributed by atoms with Crippen molar-refractivity contribution in [2.75, 3.05) is 5.32 Å². The van der Waals surface area contributed by atoms with Gasteiger partial charge in [-0.25, -0.2) is 4.98 Å². The van der Waals surface area contributed by atoms with Gasteiger partial charge in [0.25, 0.3) is 0 Å². The highest BCUT2D eigenvalue weighted by atomic mass is 15.1. The summed E-state index contributed by atoms with van der Waals surface area (Å²) in [5.41, 5.74) is 12.6. The van der Waals surface area contributed by atoms with E-state index in [0.717, 1.165) is 28.2 Å². The van der Waals surface area contributed by atoms with E-state index in [4.69, 9.17) is 4.98 Å². The van der Waals surface area contributed by atoms with Crippen LogP contribution in [0.2, 0.25) is 0 Å². The molecular weight excluding hydrogens is 524 g/mol. The summed E-state index contributed by atoms with van der Waals surface area (Å²) in [6.45, 7) is 0. The first kappa shape index (κ1) is 23.9. The smallest absolute Gasteiger partial charge is 0.164 e. The summed E-state index contributed by atoms with van der Waals surface area (Å²) in [6, 6.07) is 45.1. The van der Waals surface area contributed by atoms with Crippen LogP contribution in [0.25, 0.3) is 50.7 Å². The van der Waals surface area contributed by atoms with Crippen molar-refractivity contribution < 1.29 is 0 Å². The van der Waals surface area contributed by atoms with E-state index in [1.807, 2.05) is 30.5 Å². The summed E-state index contributed by atoms with van der Waals surface area (Å²) in [7, 11) is 0. The molecule has 4 heteroatoms. The zero-order valence-corrected chi connectivity index (χ0v) is 23.3. The van der Waals surface area contributed by atoms with Crippen LogP contribution in [0.15, 0.2) is 145 Å². The molecule has 9 rings (SSSR count).